The van der Waals surface area contributed by atoms with Crippen molar-refractivity contribution in [3.05, 3.63) is 72.2 Å². The first-order valence-electron chi connectivity index (χ1n) is 11.2. The minimum atomic E-state index is -0.290. The lowest BCUT2D eigenvalue weighted by atomic mass is 10.0. The number of hydrogen-bond acceptors (Lipinski definition) is 4. The number of aromatic nitrogens is 2. The molecular weight excluding hydrogens is 416 g/mol. The van der Waals surface area contributed by atoms with Crippen LogP contribution in [0.5, 0.6) is 0 Å². The van der Waals surface area contributed by atoms with E-state index in [4.69, 9.17) is 0 Å². The van der Waals surface area contributed by atoms with Gasteiger partial charge in [0.15, 0.2) is 0 Å². The third-order valence-corrected chi connectivity index (χ3v) is 5.30. The smallest absolute Gasteiger partial charge is 0.251 e. The molecule has 1 aromatic heterocycles. The number of carbonyl (C=O) groups is 3. The van der Waals surface area contributed by atoms with Gasteiger partial charge in [0.25, 0.3) is 5.91 Å². The first-order valence-corrected chi connectivity index (χ1v) is 11.2. The molecule has 172 valence electrons. The van der Waals surface area contributed by atoms with Gasteiger partial charge in [0.1, 0.15) is 11.6 Å². The molecule has 3 rings (SSSR count). The van der Waals surface area contributed by atoms with E-state index >= 15 is 0 Å². The standard InChI is InChI=1S/C26H30N4O3/c1-18(31)9-5-3-8-12-23(25-27-17-24(29-25)20-10-6-4-7-11-20)30-26(33)21-13-15-22(16-14-21)28-19(2)32/h4,6-7,10-11,13-17,23H,3,5,8-9,12H2,1-2H3,(H,27,29)(H,28,32)(H,30,33)/t23-/m0/s1. The van der Waals surface area contributed by atoms with Crippen LogP contribution < -0.4 is 10.6 Å². The van der Waals surface area contributed by atoms with Crippen LogP contribution in [0.4, 0.5) is 5.69 Å². The van der Waals surface area contributed by atoms with Gasteiger partial charge in [-0.05, 0) is 49.6 Å². The zero-order valence-corrected chi connectivity index (χ0v) is 19.1. The van der Waals surface area contributed by atoms with Crippen molar-refractivity contribution in [2.45, 2.75) is 52.0 Å². The van der Waals surface area contributed by atoms with Gasteiger partial charge in [-0.1, -0.05) is 43.2 Å². The van der Waals surface area contributed by atoms with Crippen LogP contribution in [-0.2, 0) is 9.59 Å². The molecule has 2 amide bonds. The van der Waals surface area contributed by atoms with E-state index in [0.29, 0.717) is 29.9 Å². The van der Waals surface area contributed by atoms with Crippen molar-refractivity contribution in [2.75, 3.05) is 5.32 Å². The van der Waals surface area contributed by atoms with Crippen LogP contribution in [0.2, 0.25) is 0 Å². The fraction of sp³-hybridized carbons (Fsp3) is 0.308. The highest BCUT2D eigenvalue weighted by Crippen LogP contribution is 2.23. The quantitative estimate of drug-likeness (QED) is 0.359. The third kappa shape index (κ3) is 7.42. The highest BCUT2D eigenvalue weighted by Gasteiger charge is 2.19. The van der Waals surface area contributed by atoms with E-state index in [-0.39, 0.29) is 23.6 Å². The molecule has 3 aromatic rings. The molecule has 0 aliphatic heterocycles. The molecule has 0 radical (unpaired) electrons. The number of anilines is 1. The van der Waals surface area contributed by atoms with E-state index < -0.39 is 0 Å². The van der Waals surface area contributed by atoms with Crippen molar-refractivity contribution < 1.29 is 14.4 Å². The van der Waals surface area contributed by atoms with Crippen molar-refractivity contribution in [2.24, 2.45) is 0 Å². The second-order valence-electron chi connectivity index (χ2n) is 8.13. The zero-order chi connectivity index (χ0) is 23.6. The summed E-state index contributed by atoms with van der Waals surface area (Å²) in [5.74, 6) is 0.518. The van der Waals surface area contributed by atoms with Crippen molar-refractivity contribution in [1.82, 2.24) is 15.3 Å². The molecule has 7 heteroatoms. The Hall–Kier alpha value is -3.74. The van der Waals surface area contributed by atoms with E-state index in [1.165, 1.54) is 6.92 Å². The molecule has 0 aliphatic rings. The fourth-order valence-electron chi connectivity index (χ4n) is 3.60. The molecule has 0 fully saturated rings. The average molecular weight is 447 g/mol. The molecule has 7 nitrogen and oxygen atoms in total. The number of ketones is 1. The highest BCUT2D eigenvalue weighted by molar-refractivity contribution is 5.95. The summed E-state index contributed by atoms with van der Waals surface area (Å²) < 4.78 is 0. The number of aromatic amines is 1. The van der Waals surface area contributed by atoms with E-state index in [1.807, 2.05) is 30.3 Å². The van der Waals surface area contributed by atoms with E-state index in [2.05, 4.69) is 20.6 Å². The molecule has 33 heavy (non-hydrogen) atoms. The molecule has 1 atom stereocenters. The summed E-state index contributed by atoms with van der Waals surface area (Å²) in [7, 11) is 0. The number of rotatable bonds is 11. The fourth-order valence-corrected chi connectivity index (χ4v) is 3.60. The lowest BCUT2D eigenvalue weighted by Gasteiger charge is -2.17. The third-order valence-electron chi connectivity index (χ3n) is 5.30. The molecular formula is C26H30N4O3. The summed E-state index contributed by atoms with van der Waals surface area (Å²) in [5.41, 5.74) is 3.05. The van der Waals surface area contributed by atoms with Gasteiger partial charge in [0.2, 0.25) is 5.91 Å². The van der Waals surface area contributed by atoms with Crippen LogP contribution in [0.25, 0.3) is 11.3 Å². The Morgan fingerprint density at radius 3 is 2.33 bits per heavy atom. The number of carbonyl (C=O) groups excluding carboxylic acids is 3. The molecule has 0 spiro atoms. The second-order valence-corrected chi connectivity index (χ2v) is 8.13. The van der Waals surface area contributed by atoms with Crippen LogP contribution in [0.15, 0.2) is 60.8 Å². The number of nitrogens with one attached hydrogen (secondary N) is 3. The maximum absolute atomic E-state index is 12.9. The van der Waals surface area contributed by atoms with Crippen molar-refractivity contribution >= 4 is 23.3 Å². The van der Waals surface area contributed by atoms with Gasteiger partial charge in [-0.15, -0.1) is 0 Å². The molecule has 1 heterocycles. The Morgan fingerprint density at radius 1 is 0.939 bits per heavy atom. The van der Waals surface area contributed by atoms with Gasteiger partial charge < -0.3 is 20.4 Å². The number of nitrogens with zero attached hydrogens (tertiary/aromatic N) is 1. The van der Waals surface area contributed by atoms with E-state index in [9.17, 15) is 14.4 Å². The first-order chi connectivity index (χ1) is 15.9. The molecule has 0 saturated carbocycles. The number of hydrogen-bond donors (Lipinski definition) is 3. The van der Waals surface area contributed by atoms with Crippen LogP contribution in [0, 0.1) is 0 Å². The predicted molar refractivity (Wildman–Crippen MR) is 129 cm³/mol. The van der Waals surface area contributed by atoms with Crippen LogP contribution >= 0.6 is 0 Å². The maximum atomic E-state index is 12.9. The number of imidazole rings is 1. The molecule has 3 N–H and O–H groups in total. The van der Waals surface area contributed by atoms with Gasteiger partial charge in [-0.3, -0.25) is 9.59 Å². The number of amides is 2. The lowest BCUT2D eigenvalue weighted by Crippen LogP contribution is -2.29. The molecule has 0 unspecified atom stereocenters. The Labute approximate surface area is 194 Å². The number of H-pyrrole nitrogens is 1. The summed E-state index contributed by atoms with van der Waals surface area (Å²) in [6.45, 7) is 3.04. The lowest BCUT2D eigenvalue weighted by molar-refractivity contribution is -0.117. The van der Waals surface area contributed by atoms with Crippen molar-refractivity contribution in [3.8, 4) is 11.3 Å². The topological polar surface area (TPSA) is 104 Å². The van der Waals surface area contributed by atoms with E-state index in [1.54, 1.807) is 37.4 Å². The van der Waals surface area contributed by atoms with Crippen LogP contribution in [0.1, 0.15) is 68.2 Å². The second kappa shape index (κ2) is 11.8. The Balaban J connectivity index is 1.71. The summed E-state index contributed by atoms with van der Waals surface area (Å²) in [6, 6.07) is 16.4. The monoisotopic (exact) mass is 446 g/mol. The minimum absolute atomic E-state index is 0.163. The van der Waals surface area contributed by atoms with Crippen LogP contribution in [-0.4, -0.2) is 27.6 Å². The molecule has 0 aliphatic carbocycles. The minimum Gasteiger partial charge on any atom is -0.342 e. The summed E-state index contributed by atoms with van der Waals surface area (Å²) in [6.07, 6.45) is 5.67. The number of benzene rings is 2. The van der Waals surface area contributed by atoms with Crippen molar-refractivity contribution in [1.29, 1.82) is 0 Å². The normalized spacial score (nSPS) is 11.6. The predicted octanol–water partition coefficient (Wildman–Crippen LogP) is 5.05. The highest BCUT2D eigenvalue weighted by atomic mass is 16.2. The number of unbranched alkanes of at least 4 members (excludes halogenated alkanes) is 2. The maximum Gasteiger partial charge on any atom is 0.251 e. The van der Waals surface area contributed by atoms with Gasteiger partial charge >= 0.3 is 0 Å². The largest absolute Gasteiger partial charge is 0.342 e. The average Bonchev–Trinajstić information content (AvgIpc) is 3.29. The van der Waals surface area contributed by atoms with Gasteiger partial charge in [-0.25, -0.2) is 4.98 Å². The van der Waals surface area contributed by atoms with Gasteiger partial charge in [-0.2, -0.15) is 0 Å². The molecule has 0 saturated heterocycles. The Kier molecular flexibility index (Phi) is 8.52. The first kappa shape index (κ1) is 23.9. The Morgan fingerprint density at radius 2 is 1.67 bits per heavy atom. The molecule has 0 bridgehead atoms. The van der Waals surface area contributed by atoms with Gasteiger partial charge in [0, 0.05) is 24.6 Å². The van der Waals surface area contributed by atoms with Crippen molar-refractivity contribution in [3.63, 3.8) is 0 Å². The number of Topliss-reactive ketones (excluding diaryl/α,β-unsaturated/α-hetero) is 1. The van der Waals surface area contributed by atoms with Crippen LogP contribution in [0.3, 0.4) is 0 Å². The summed E-state index contributed by atoms with van der Waals surface area (Å²) >= 11 is 0. The zero-order valence-electron chi connectivity index (χ0n) is 19.1. The van der Waals surface area contributed by atoms with E-state index in [0.717, 1.165) is 30.5 Å². The van der Waals surface area contributed by atoms with Gasteiger partial charge in [0.05, 0.1) is 17.9 Å². The summed E-state index contributed by atoms with van der Waals surface area (Å²) in [4.78, 5) is 43.2. The Bertz CT molecular complexity index is 1070. The molecule has 2 aromatic carbocycles. The SMILES string of the molecule is CC(=O)CCCCC[C@H](NC(=O)c1ccc(NC(C)=O)cc1)c1ncc(-c2ccccc2)[nH]1. The summed E-state index contributed by atoms with van der Waals surface area (Å²) in [5, 5.41) is 5.78.